The molecule has 0 aromatic heterocycles. The van der Waals surface area contributed by atoms with Crippen LogP contribution in [-0.2, 0) is 4.74 Å². The average molecular weight is 156 g/mol. The van der Waals surface area contributed by atoms with E-state index in [1.165, 1.54) is 26.2 Å². The molecule has 2 saturated heterocycles. The highest BCUT2D eigenvalue weighted by Gasteiger charge is 2.30. The van der Waals surface area contributed by atoms with Gasteiger partial charge >= 0.3 is 0 Å². The monoisotopic (exact) mass is 156 g/mol. The summed E-state index contributed by atoms with van der Waals surface area (Å²) in [6.07, 6.45) is 0. The number of ether oxygens (including phenoxy) is 1. The molecule has 64 valence electrons. The van der Waals surface area contributed by atoms with Crippen molar-refractivity contribution in [2.24, 2.45) is 0 Å². The quantitative estimate of drug-likeness (QED) is 0.530. The van der Waals surface area contributed by atoms with Gasteiger partial charge in [0, 0.05) is 25.7 Å². The van der Waals surface area contributed by atoms with Gasteiger partial charge in [-0.05, 0) is 6.54 Å². The van der Waals surface area contributed by atoms with Gasteiger partial charge in [0.25, 0.3) is 0 Å². The first-order valence-electron chi connectivity index (χ1n) is 4.44. The summed E-state index contributed by atoms with van der Waals surface area (Å²) in [4.78, 5) is 4.93. The standard InChI is InChI=1S/C8H16N2O/c1-2-9-3-4-10-7-11-6-8(10)5-9/h8H,2-7H2,1H3. The van der Waals surface area contributed by atoms with E-state index in [0.29, 0.717) is 6.04 Å². The average Bonchev–Trinajstić information content (AvgIpc) is 2.50. The molecule has 3 nitrogen and oxygen atoms in total. The SMILES string of the molecule is CCN1CCN2COCC2C1. The minimum atomic E-state index is 0.684. The first-order valence-corrected chi connectivity index (χ1v) is 4.44. The molecule has 0 aromatic rings. The predicted molar refractivity (Wildman–Crippen MR) is 43.4 cm³/mol. The Morgan fingerprint density at radius 1 is 1.45 bits per heavy atom. The van der Waals surface area contributed by atoms with Gasteiger partial charge in [0.15, 0.2) is 0 Å². The van der Waals surface area contributed by atoms with Gasteiger partial charge in [0.05, 0.1) is 13.3 Å². The number of nitrogens with zero attached hydrogens (tertiary/aromatic N) is 2. The Morgan fingerprint density at radius 2 is 2.36 bits per heavy atom. The molecule has 1 unspecified atom stereocenters. The maximum Gasteiger partial charge on any atom is 0.0995 e. The minimum Gasteiger partial charge on any atom is -0.364 e. The van der Waals surface area contributed by atoms with Crippen LogP contribution in [0.4, 0.5) is 0 Å². The van der Waals surface area contributed by atoms with Gasteiger partial charge in [0.1, 0.15) is 0 Å². The van der Waals surface area contributed by atoms with Crippen molar-refractivity contribution >= 4 is 0 Å². The van der Waals surface area contributed by atoms with Crippen LogP contribution in [0.1, 0.15) is 6.92 Å². The van der Waals surface area contributed by atoms with Crippen LogP contribution in [0, 0.1) is 0 Å². The molecule has 1 atom stereocenters. The van der Waals surface area contributed by atoms with E-state index in [4.69, 9.17) is 4.74 Å². The van der Waals surface area contributed by atoms with Crippen LogP contribution < -0.4 is 0 Å². The summed E-state index contributed by atoms with van der Waals surface area (Å²) in [5, 5.41) is 0. The second-order valence-corrected chi connectivity index (χ2v) is 3.36. The second-order valence-electron chi connectivity index (χ2n) is 3.36. The Hall–Kier alpha value is -0.120. The van der Waals surface area contributed by atoms with Crippen LogP contribution in [0.2, 0.25) is 0 Å². The summed E-state index contributed by atoms with van der Waals surface area (Å²) < 4.78 is 5.38. The van der Waals surface area contributed by atoms with Gasteiger partial charge in [-0.2, -0.15) is 0 Å². The van der Waals surface area contributed by atoms with Gasteiger partial charge in [-0.3, -0.25) is 4.90 Å². The number of hydrogen-bond donors (Lipinski definition) is 0. The fourth-order valence-corrected chi connectivity index (χ4v) is 1.88. The number of likely N-dealkylation sites (N-methyl/N-ethyl adjacent to an activating group) is 1. The Labute approximate surface area is 67.9 Å². The molecule has 0 bridgehead atoms. The lowest BCUT2D eigenvalue weighted by Crippen LogP contribution is -2.50. The molecule has 2 fully saturated rings. The first kappa shape index (κ1) is 7.53. The molecule has 0 radical (unpaired) electrons. The molecule has 0 amide bonds. The first-order chi connectivity index (χ1) is 5.40. The molecular formula is C8H16N2O. The van der Waals surface area contributed by atoms with Crippen LogP contribution >= 0.6 is 0 Å². The molecule has 3 heteroatoms. The second kappa shape index (κ2) is 3.09. The van der Waals surface area contributed by atoms with Gasteiger partial charge < -0.3 is 9.64 Å². The van der Waals surface area contributed by atoms with Crippen LogP contribution in [0.3, 0.4) is 0 Å². The van der Waals surface area contributed by atoms with E-state index in [1.807, 2.05) is 0 Å². The molecular weight excluding hydrogens is 140 g/mol. The summed E-state index contributed by atoms with van der Waals surface area (Å²) in [6, 6.07) is 0.684. The summed E-state index contributed by atoms with van der Waals surface area (Å²) >= 11 is 0. The lowest BCUT2D eigenvalue weighted by Gasteiger charge is -2.35. The summed E-state index contributed by atoms with van der Waals surface area (Å²) in [6.45, 7) is 8.83. The largest absolute Gasteiger partial charge is 0.364 e. The Morgan fingerprint density at radius 3 is 3.18 bits per heavy atom. The van der Waals surface area contributed by atoms with E-state index in [-0.39, 0.29) is 0 Å². The van der Waals surface area contributed by atoms with Crippen molar-refractivity contribution in [3.63, 3.8) is 0 Å². The lowest BCUT2D eigenvalue weighted by molar-refractivity contribution is 0.0941. The Kier molecular flexibility index (Phi) is 2.11. The third kappa shape index (κ3) is 1.41. The fraction of sp³-hybridized carbons (Fsp3) is 1.00. The third-order valence-electron chi connectivity index (χ3n) is 2.70. The molecule has 2 rings (SSSR count). The van der Waals surface area contributed by atoms with Crippen LogP contribution in [0.5, 0.6) is 0 Å². The molecule has 2 aliphatic rings. The highest BCUT2D eigenvalue weighted by atomic mass is 16.5. The molecule has 0 N–H and O–H groups in total. The fourth-order valence-electron chi connectivity index (χ4n) is 1.88. The number of rotatable bonds is 1. The predicted octanol–water partition coefficient (Wildman–Crippen LogP) is -0.0198. The van der Waals surface area contributed by atoms with Crippen molar-refractivity contribution in [3.8, 4) is 0 Å². The Balaban J connectivity index is 1.91. The van der Waals surface area contributed by atoms with Crippen molar-refractivity contribution < 1.29 is 4.74 Å². The summed E-state index contributed by atoms with van der Waals surface area (Å²) in [5.41, 5.74) is 0. The van der Waals surface area contributed by atoms with Gasteiger partial charge in [0.2, 0.25) is 0 Å². The van der Waals surface area contributed by atoms with Crippen molar-refractivity contribution in [3.05, 3.63) is 0 Å². The third-order valence-corrected chi connectivity index (χ3v) is 2.70. The zero-order chi connectivity index (χ0) is 7.68. The molecule has 0 aromatic carbocycles. The van der Waals surface area contributed by atoms with Gasteiger partial charge in [-0.25, -0.2) is 0 Å². The number of piperazine rings is 1. The highest BCUT2D eigenvalue weighted by molar-refractivity contribution is 4.83. The maximum atomic E-state index is 5.38. The molecule has 0 saturated carbocycles. The molecule has 0 spiro atoms. The normalized spacial score (nSPS) is 34.1. The minimum absolute atomic E-state index is 0.684. The van der Waals surface area contributed by atoms with E-state index >= 15 is 0 Å². The number of fused-ring (bicyclic) bond motifs is 1. The maximum absolute atomic E-state index is 5.38. The molecule has 2 heterocycles. The summed E-state index contributed by atoms with van der Waals surface area (Å²) in [5.74, 6) is 0. The van der Waals surface area contributed by atoms with Gasteiger partial charge in [-0.15, -0.1) is 0 Å². The van der Waals surface area contributed by atoms with Gasteiger partial charge in [-0.1, -0.05) is 6.92 Å². The zero-order valence-corrected chi connectivity index (χ0v) is 7.12. The van der Waals surface area contributed by atoms with Crippen molar-refractivity contribution in [1.82, 2.24) is 9.80 Å². The van der Waals surface area contributed by atoms with Crippen molar-refractivity contribution in [2.75, 3.05) is 39.5 Å². The van der Waals surface area contributed by atoms with Crippen LogP contribution in [0.15, 0.2) is 0 Å². The topological polar surface area (TPSA) is 15.7 Å². The molecule has 0 aliphatic carbocycles. The molecule has 2 aliphatic heterocycles. The lowest BCUT2D eigenvalue weighted by atomic mass is 10.2. The van der Waals surface area contributed by atoms with E-state index in [0.717, 1.165) is 13.3 Å². The number of hydrogen-bond acceptors (Lipinski definition) is 3. The van der Waals surface area contributed by atoms with Crippen LogP contribution in [-0.4, -0.2) is 55.4 Å². The Bertz CT molecular complexity index is 140. The highest BCUT2D eigenvalue weighted by Crippen LogP contribution is 2.14. The van der Waals surface area contributed by atoms with E-state index in [2.05, 4.69) is 16.7 Å². The zero-order valence-electron chi connectivity index (χ0n) is 7.12. The summed E-state index contributed by atoms with van der Waals surface area (Å²) in [7, 11) is 0. The van der Waals surface area contributed by atoms with E-state index in [9.17, 15) is 0 Å². The van der Waals surface area contributed by atoms with E-state index in [1.54, 1.807) is 0 Å². The van der Waals surface area contributed by atoms with E-state index < -0.39 is 0 Å². The molecule has 11 heavy (non-hydrogen) atoms. The van der Waals surface area contributed by atoms with Crippen molar-refractivity contribution in [2.45, 2.75) is 13.0 Å². The smallest absolute Gasteiger partial charge is 0.0995 e. The van der Waals surface area contributed by atoms with Crippen LogP contribution in [0.25, 0.3) is 0 Å². The van der Waals surface area contributed by atoms with Crippen molar-refractivity contribution in [1.29, 1.82) is 0 Å².